The number of aromatic nitrogens is 2. The number of fused-ring (bicyclic) bond motifs is 1. The van der Waals surface area contributed by atoms with Crippen molar-refractivity contribution in [2.24, 2.45) is 13.0 Å². The SMILES string of the molecule is Cc1cc2nc(CC3CCNC3)n(C)c2cc1C. The lowest BCUT2D eigenvalue weighted by molar-refractivity contribution is 0.552. The maximum atomic E-state index is 4.81. The van der Waals surface area contributed by atoms with Crippen LogP contribution >= 0.6 is 0 Å². The fourth-order valence-electron chi connectivity index (χ4n) is 2.83. The fraction of sp³-hybridized carbons (Fsp3) is 0.533. The Morgan fingerprint density at radius 3 is 2.83 bits per heavy atom. The Balaban J connectivity index is 1.99. The van der Waals surface area contributed by atoms with Crippen LogP contribution in [0.25, 0.3) is 11.0 Å². The normalized spacial score (nSPS) is 19.8. The molecule has 1 N–H and O–H groups in total. The number of benzene rings is 1. The molecule has 1 unspecified atom stereocenters. The summed E-state index contributed by atoms with van der Waals surface area (Å²) in [6.07, 6.45) is 2.37. The van der Waals surface area contributed by atoms with Gasteiger partial charge in [0.15, 0.2) is 0 Å². The molecule has 0 aliphatic carbocycles. The van der Waals surface area contributed by atoms with Gasteiger partial charge in [-0.2, -0.15) is 0 Å². The molecule has 0 radical (unpaired) electrons. The van der Waals surface area contributed by atoms with Crippen molar-refractivity contribution in [1.29, 1.82) is 0 Å². The van der Waals surface area contributed by atoms with Crippen LogP contribution in [0.4, 0.5) is 0 Å². The largest absolute Gasteiger partial charge is 0.331 e. The summed E-state index contributed by atoms with van der Waals surface area (Å²) >= 11 is 0. The molecule has 3 nitrogen and oxygen atoms in total. The third-order valence-corrected chi connectivity index (χ3v) is 4.22. The molecule has 1 aromatic carbocycles. The lowest BCUT2D eigenvalue weighted by Gasteiger charge is -2.08. The van der Waals surface area contributed by atoms with E-state index in [0.29, 0.717) is 0 Å². The average molecular weight is 243 g/mol. The van der Waals surface area contributed by atoms with Gasteiger partial charge in [0.1, 0.15) is 5.82 Å². The van der Waals surface area contributed by atoms with Gasteiger partial charge in [-0.1, -0.05) is 0 Å². The zero-order valence-corrected chi connectivity index (χ0v) is 11.5. The zero-order chi connectivity index (χ0) is 12.7. The summed E-state index contributed by atoms with van der Waals surface area (Å²) in [6, 6.07) is 4.47. The number of rotatable bonds is 2. The van der Waals surface area contributed by atoms with E-state index in [0.717, 1.165) is 30.9 Å². The van der Waals surface area contributed by atoms with Crippen LogP contribution in [-0.2, 0) is 13.5 Å². The summed E-state index contributed by atoms with van der Waals surface area (Å²) in [7, 11) is 2.14. The quantitative estimate of drug-likeness (QED) is 0.877. The first-order valence-electron chi connectivity index (χ1n) is 6.78. The van der Waals surface area contributed by atoms with Crippen molar-refractivity contribution < 1.29 is 0 Å². The Hall–Kier alpha value is -1.35. The Morgan fingerprint density at radius 2 is 2.11 bits per heavy atom. The molecule has 1 fully saturated rings. The van der Waals surface area contributed by atoms with Crippen molar-refractivity contribution in [3.8, 4) is 0 Å². The van der Waals surface area contributed by atoms with Crippen molar-refractivity contribution in [3.63, 3.8) is 0 Å². The number of hydrogen-bond donors (Lipinski definition) is 1. The zero-order valence-electron chi connectivity index (χ0n) is 11.5. The van der Waals surface area contributed by atoms with E-state index >= 15 is 0 Å². The number of nitrogens with one attached hydrogen (secondary N) is 1. The molecule has 1 aromatic heterocycles. The van der Waals surface area contributed by atoms with Crippen molar-refractivity contribution >= 4 is 11.0 Å². The van der Waals surface area contributed by atoms with Crippen LogP contribution in [0.1, 0.15) is 23.4 Å². The van der Waals surface area contributed by atoms with Crippen LogP contribution in [-0.4, -0.2) is 22.6 Å². The van der Waals surface area contributed by atoms with Gasteiger partial charge in [-0.3, -0.25) is 0 Å². The molecule has 3 rings (SSSR count). The van der Waals surface area contributed by atoms with Crippen LogP contribution in [0.3, 0.4) is 0 Å². The van der Waals surface area contributed by atoms with Gasteiger partial charge in [0.05, 0.1) is 11.0 Å². The molecule has 18 heavy (non-hydrogen) atoms. The lowest BCUT2D eigenvalue weighted by atomic mass is 10.0. The van der Waals surface area contributed by atoms with Crippen molar-refractivity contribution in [3.05, 3.63) is 29.1 Å². The van der Waals surface area contributed by atoms with Crippen molar-refractivity contribution in [1.82, 2.24) is 14.9 Å². The standard InChI is InChI=1S/C15H21N3/c1-10-6-13-14(7-11(10)2)18(3)15(17-13)8-12-4-5-16-9-12/h6-7,12,16H,4-5,8-9H2,1-3H3. The van der Waals surface area contributed by atoms with Crippen LogP contribution in [0, 0.1) is 19.8 Å². The monoisotopic (exact) mass is 243 g/mol. The lowest BCUT2D eigenvalue weighted by Crippen LogP contribution is -2.12. The van der Waals surface area contributed by atoms with Crippen LogP contribution in [0.15, 0.2) is 12.1 Å². The predicted octanol–water partition coefficient (Wildman–Crippen LogP) is 2.34. The number of nitrogens with zero attached hydrogens (tertiary/aromatic N) is 2. The molecule has 1 aliphatic heterocycles. The van der Waals surface area contributed by atoms with Crippen molar-refractivity contribution in [2.45, 2.75) is 26.7 Å². The minimum absolute atomic E-state index is 0.753. The maximum Gasteiger partial charge on any atom is 0.109 e. The highest BCUT2D eigenvalue weighted by molar-refractivity contribution is 5.78. The Labute approximate surface area is 108 Å². The Bertz CT molecular complexity index is 577. The van der Waals surface area contributed by atoms with Gasteiger partial charge < -0.3 is 9.88 Å². The Morgan fingerprint density at radius 1 is 1.33 bits per heavy atom. The van der Waals surface area contributed by atoms with Gasteiger partial charge in [-0.15, -0.1) is 0 Å². The van der Waals surface area contributed by atoms with Crippen molar-refractivity contribution in [2.75, 3.05) is 13.1 Å². The molecule has 2 aromatic rings. The molecule has 0 saturated carbocycles. The van der Waals surface area contributed by atoms with Gasteiger partial charge in [-0.25, -0.2) is 4.98 Å². The number of imidazole rings is 1. The van der Waals surface area contributed by atoms with E-state index in [4.69, 9.17) is 4.98 Å². The first kappa shape index (κ1) is 11.7. The van der Waals surface area contributed by atoms with Gasteiger partial charge in [0.2, 0.25) is 0 Å². The summed E-state index contributed by atoms with van der Waals surface area (Å²) < 4.78 is 2.26. The second kappa shape index (κ2) is 4.39. The van der Waals surface area contributed by atoms with Crippen LogP contribution < -0.4 is 5.32 Å². The van der Waals surface area contributed by atoms with E-state index in [1.165, 1.54) is 28.9 Å². The first-order chi connectivity index (χ1) is 8.65. The fourth-order valence-corrected chi connectivity index (χ4v) is 2.83. The topological polar surface area (TPSA) is 29.9 Å². The molecular weight excluding hydrogens is 222 g/mol. The predicted molar refractivity (Wildman–Crippen MR) is 74.9 cm³/mol. The summed E-state index contributed by atoms with van der Waals surface area (Å²) in [4.78, 5) is 4.81. The molecule has 96 valence electrons. The molecular formula is C15H21N3. The minimum atomic E-state index is 0.753. The van der Waals surface area contributed by atoms with Gasteiger partial charge in [-0.05, 0) is 62.5 Å². The first-order valence-corrected chi connectivity index (χ1v) is 6.78. The minimum Gasteiger partial charge on any atom is -0.331 e. The molecule has 2 heterocycles. The summed E-state index contributed by atoms with van der Waals surface area (Å²) in [5, 5.41) is 3.43. The van der Waals surface area contributed by atoms with E-state index in [2.05, 4.69) is 42.9 Å². The molecule has 1 aliphatic rings. The molecule has 1 saturated heterocycles. The highest BCUT2D eigenvalue weighted by Gasteiger charge is 2.18. The van der Waals surface area contributed by atoms with E-state index in [1.807, 2.05) is 0 Å². The van der Waals surface area contributed by atoms with E-state index < -0.39 is 0 Å². The average Bonchev–Trinajstić information content (AvgIpc) is 2.93. The van der Waals surface area contributed by atoms with E-state index in [1.54, 1.807) is 0 Å². The van der Waals surface area contributed by atoms with Crippen LogP contribution in [0.5, 0.6) is 0 Å². The third kappa shape index (κ3) is 1.93. The smallest absolute Gasteiger partial charge is 0.109 e. The molecule has 3 heteroatoms. The van der Waals surface area contributed by atoms with E-state index in [9.17, 15) is 0 Å². The number of hydrogen-bond acceptors (Lipinski definition) is 2. The maximum absolute atomic E-state index is 4.81. The van der Waals surface area contributed by atoms with Gasteiger partial charge >= 0.3 is 0 Å². The molecule has 1 atom stereocenters. The highest BCUT2D eigenvalue weighted by Crippen LogP contribution is 2.22. The second-order valence-corrected chi connectivity index (χ2v) is 5.58. The highest BCUT2D eigenvalue weighted by atomic mass is 15.1. The molecule has 0 spiro atoms. The van der Waals surface area contributed by atoms with Gasteiger partial charge in [0.25, 0.3) is 0 Å². The Kier molecular flexibility index (Phi) is 2.86. The summed E-state index contributed by atoms with van der Waals surface area (Å²) in [5.41, 5.74) is 5.08. The molecule has 0 amide bonds. The number of aryl methyl sites for hydroxylation is 3. The third-order valence-electron chi connectivity index (χ3n) is 4.22. The van der Waals surface area contributed by atoms with Gasteiger partial charge in [0, 0.05) is 13.5 Å². The van der Waals surface area contributed by atoms with Crippen LogP contribution in [0.2, 0.25) is 0 Å². The summed E-state index contributed by atoms with van der Waals surface area (Å²) in [6.45, 7) is 6.63. The van der Waals surface area contributed by atoms with E-state index in [-0.39, 0.29) is 0 Å². The summed E-state index contributed by atoms with van der Waals surface area (Å²) in [5.74, 6) is 1.98. The molecule has 0 bridgehead atoms. The second-order valence-electron chi connectivity index (χ2n) is 5.58.